The van der Waals surface area contributed by atoms with Gasteiger partial charge in [-0.2, -0.15) is 0 Å². The topological polar surface area (TPSA) is 68.5 Å². The SMILES string of the molecule is CCOC(=O)c1cccc2c1C(=O)C(c1ccoc1)C(c1ccccc1)N2. The van der Waals surface area contributed by atoms with E-state index in [2.05, 4.69) is 5.32 Å². The third-order valence-corrected chi connectivity index (χ3v) is 4.79. The molecule has 2 heterocycles. The fraction of sp³-hybridized carbons (Fsp3) is 0.182. The molecule has 0 amide bonds. The largest absolute Gasteiger partial charge is 0.472 e. The molecule has 1 aliphatic heterocycles. The highest BCUT2D eigenvalue weighted by Gasteiger charge is 2.40. The van der Waals surface area contributed by atoms with Gasteiger partial charge in [0.05, 0.1) is 42.2 Å². The Hall–Kier alpha value is -3.34. The minimum Gasteiger partial charge on any atom is -0.472 e. The first-order valence-electron chi connectivity index (χ1n) is 8.88. The lowest BCUT2D eigenvalue weighted by molar-refractivity contribution is 0.0522. The number of furan rings is 1. The molecule has 5 heteroatoms. The van der Waals surface area contributed by atoms with Crippen LogP contribution in [0.25, 0.3) is 0 Å². The van der Waals surface area contributed by atoms with Gasteiger partial charge in [-0.05, 0) is 30.7 Å². The maximum absolute atomic E-state index is 13.5. The van der Waals surface area contributed by atoms with E-state index in [1.54, 1.807) is 37.6 Å². The first kappa shape index (κ1) is 17.1. The van der Waals surface area contributed by atoms with Gasteiger partial charge in [0, 0.05) is 11.3 Å². The molecule has 0 fully saturated rings. The number of carbonyl (C=O) groups excluding carboxylic acids is 2. The standard InChI is InChI=1S/C22H19NO4/c1-2-27-22(25)16-9-6-10-17-19(16)21(24)18(15-11-12-26-13-15)20(23-17)14-7-4-3-5-8-14/h3-13,18,20,23H,2H2,1H3. The summed E-state index contributed by atoms with van der Waals surface area (Å²) in [6.45, 7) is 2.00. The Balaban J connectivity index is 1.86. The Morgan fingerprint density at radius 1 is 1.07 bits per heavy atom. The summed E-state index contributed by atoms with van der Waals surface area (Å²) < 4.78 is 10.4. The monoisotopic (exact) mass is 361 g/mol. The van der Waals surface area contributed by atoms with Crippen LogP contribution >= 0.6 is 0 Å². The normalized spacial score (nSPS) is 18.5. The lowest BCUT2D eigenvalue weighted by atomic mass is 9.78. The van der Waals surface area contributed by atoms with E-state index in [4.69, 9.17) is 9.15 Å². The molecule has 0 bridgehead atoms. The van der Waals surface area contributed by atoms with Gasteiger partial charge < -0.3 is 14.5 Å². The lowest BCUT2D eigenvalue weighted by Gasteiger charge is -2.34. The Morgan fingerprint density at radius 2 is 1.89 bits per heavy atom. The molecular weight excluding hydrogens is 342 g/mol. The van der Waals surface area contributed by atoms with Gasteiger partial charge in [0.25, 0.3) is 0 Å². The number of nitrogens with one attached hydrogen (secondary N) is 1. The van der Waals surface area contributed by atoms with Crippen LogP contribution in [0.3, 0.4) is 0 Å². The molecule has 1 aromatic heterocycles. The minimum absolute atomic E-state index is 0.123. The fourth-order valence-electron chi connectivity index (χ4n) is 3.61. The van der Waals surface area contributed by atoms with Crippen molar-refractivity contribution >= 4 is 17.4 Å². The first-order chi connectivity index (χ1) is 13.2. The van der Waals surface area contributed by atoms with Crippen LogP contribution in [-0.2, 0) is 4.74 Å². The number of esters is 1. The molecule has 3 aromatic rings. The van der Waals surface area contributed by atoms with Crippen molar-refractivity contribution in [1.82, 2.24) is 0 Å². The predicted molar refractivity (Wildman–Crippen MR) is 101 cm³/mol. The van der Waals surface area contributed by atoms with Gasteiger partial charge in [0.2, 0.25) is 0 Å². The van der Waals surface area contributed by atoms with E-state index in [0.717, 1.165) is 11.1 Å². The van der Waals surface area contributed by atoms with Crippen LogP contribution in [0.15, 0.2) is 71.5 Å². The second-order valence-electron chi connectivity index (χ2n) is 6.38. The number of fused-ring (bicyclic) bond motifs is 1. The number of hydrogen-bond acceptors (Lipinski definition) is 5. The van der Waals surface area contributed by atoms with Gasteiger partial charge in [-0.15, -0.1) is 0 Å². The molecule has 27 heavy (non-hydrogen) atoms. The van der Waals surface area contributed by atoms with Crippen molar-refractivity contribution < 1.29 is 18.7 Å². The molecule has 1 N–H and O–H groups in total. The average Bonchev–Trinajstić information content (AvgIpc) is 3.22. The zero-order chi connectivity index (χ0) is 18.8. The van der Waals surface area contributed by atoms with Crippen molar-refractivity contribution in [3.05, 3.63) is 89.4 Å². The number of Topliss-reactive ketones (excluding diaryl/α,β-unsaturated/α-hetero) is 1. The summed E-state index contributed by atoms with van der Waals surface area (Å²) in [7, 11) is 0. The Labute approximate surface area is 157 Å². The summed E-state index contributed by atoms with van der Waals surface area (Å²) in [6, 6.07) is 16.5. The second-order valence-corrected chi connectivity index (χ2v) is 6.38. The van der Waals surface area contributed by atoms with Gasteiger partial charge >= 0.3 is 5.97 Å². The van der Waals surface area contributed by atoms with Gasteiger partial charge in [-0.1, -0.05) is 36.4 Å². The van der Waals surface area contributed by atoms with Gasteiger partial charge in [0.1, 0.15) is 0 Å². The summed E-state index contributed by atoms with van der Waals surface area (Å²) in [4.78, 5) is 25.9. The summed E-state index contributed by atoms with van der Waals surface area (Å²) in [5, 5.41) is 3.45. The van der Waals surface area contributed by atoms with Crippen LogP contribution in [0.4, 0.5) is 5.69 Å². The van der Waals surface area contributed by atoms with E-state index in [0.29, 0.717) is 11.3 Å². The van der Waals surface area contributed by atoms with E-state index in [-0.39, 0.29) is 24.0 Å². The number of rotatable bonds is 4. The van der Waals surface area contributed by atoms with Crippen LogP contribution in [0.1, 0.15) is 50.7 Å². The van der Waals surface area contributed by atoms with E-state index >= 15 is 0 Å². The third kappa shape index (κ3) is 3.01. The second kappa shape index (κ2) is 7.11. The molecule has 2 aromatic carbocycles. The maximum atomic E-state index is 13.5. The van der Waals surface area contributed by atoms with E-state index < -0.39 is 11.9 Å². The predicted octanol–water partition coefficient (Wildman–Crippen LogP) is 4.59. The van der Waals surface area contributed by atoms with Gasteiger partial charge in [-0.25, -0.2) is 4.79 Å². The van der Waals surface area contributed by atoms with Gasteiger partial charge in [0.15, 0.2) is 5.78 Å². The average molecular weight is 361 g/mol. The van der Waals surface area contributed by atoms with Crippen LogP contribution < -0.4 is 5.32 Å². The Morgan fingerprint density at radius 3 is 2.59 bits per heavy atom. The molecule has 0 spiro atoms. The number of benzene rings is 2. The van der Waals surface area contributed by atoms with Crippen LogP contribution in [-0.4, -0.2) is 18.4 Å². The highest BCUT2D eigenvalue weighted by atomic mass is 16.5. The van der Waals surface area contributed by atoms with Crippen molar-refractivity contribution in [1.29, 1.82) is 0 Å². The van der Waals surface area contributed by atoms with E-state index in [9.17, 15) is 9.59 Å². The van der Waals surface area contributed by atoms with Crippen LogP contribution in [0, 0.1) is 0 Å². The molecule has 4 rings (SSSR count). The molecule has 1 aliphatic rings. The van der Waals surface area contributed by atoms with E-state index in [1.807, 2.05) is 36.4 Å². The molecule has 0 aliphatic carbocycles. The number of hydrogen-bond donors (Lipinski definition) is 1. The molecule has 136 valence electrons. The summed E-state index contributed by atoms with van der Waals surface area (Å²) >= 11 is 0. The van der Waals surface area contributed by atoms with Crippen molar-refractivity contribution in [2.45, 2.75) is 18.9 Å². The molecule has 5 nitrogen and oxygen atoms in total. The molecule has 0 saturated carbocycles. The first-order valence-corrected chi connectivity index (χ1v) is 8.88. The zero-order valence-corrected chi connectivity index (χ0v) is 14.8. The maximum Gasteiger partial charge on any atom is 0.338 e. The van der Waals surface area contributed by atoms with Crippen molar-refractivity contribution in [2.24, 2.45) is 0 Å². The van der Waals surface area contributed by atoms with Crippen LogP contribution in [0.5, 0.6) is 0 Å². The Bertz CT molecular complexity index is 963. The van der Waals surface area contributed by atoms with Crippen molar-refractivity contribution in [2.75, 3.05) is 11.9 Å². The summed E-state index contributed by atoms with van der Waals surface area (Å²) in [5.74, 6) is -1.12. The highest BCUT2D eigenvalue weighted by Crippen LogP contribution is 2.43. The third-order valence-electron chi connectivity index (χ3n) is 4.79. The lowest BCUT2D eigenvalue weighted by Crippen LogP contribution is -2.33. The highest BCUT2D eigenvalue weighted by molar-refractivity contribution is 6.14. The Kier molecular flexibility index (Phi) is 4.50. The number of anilines is 1. The number of ether oxygens (including phenoxy) is 1. The number of carbonyl (C=O) groups is 2. The molecular formula is C22H19NO4. The summed E-state index contributed by atoms with van der Waals surface area (Å²) in [6.07, 6.45) is 3.13. The van der Waals surface area contributed by atoms with Crippen LogP contribution in [0.2, 0.25) is 0 Å². The van der Waals surface area contributed by atoms with Crippen molar-refractivity contribution in [3.8, 4) is 0 Å². The minimum atomic E-state index is -0.505. The summed E-state index contributed by atoms with van der Waals surface area (Å²) in [5.41, 5.74) is 3.05. The molecule has 2 atom stereocenters. The zero-order valence-electron chi connectivity index (χ0n) is 14.8. The molecule has 2 unspecified atom stereocenters. The van der Waals surface area contributed by atoms with Crippen molar-refractivity contribution in [3.63, 3.8) is 0 Å². The van der Waals surface area contributed by atoms with Gasteiger partial charge in [-0.3, -0.25) is 4.79 Å². The quantitative estimate of drug-likeness (QED) is 0.689. The molecule has 0 saturated heterocycles. The number of ketones is 1. The smallest absolute Gasteiger partial charge is 0.338 e. The fourth-order valence-corrected chi connectivity index (χ4v) is 3.61. The molecule has 0 radical (unpaired) electrons. The van der Waals surface area contributed by atoms with E-state index in [1.165, 1.54) is 0 Å².